The van der Waals surface area contributed by atoms with Crippen molar-refractivity contribution >= 4 is 35.3 Å². The minimum absolute atomic E-state index is 0.00302. The summed E-state index contributed by atoms with van der Waals surface area (Å²) in [6, 6.07) is -1.63. The molecule has 13 heteroatoms. The molecule has 1 aromatic heterocycles. The van der Waals surface area contributed by atoms with Crippen molar-refractivity contribution in [3.05, 3.63) is 17.5 Å². The van der Waals surface area contributed by atoms with Crippen molar-refractivity contribution in [3.8, 4) is 0 Å². The number of aromatic nitrogens is 1. The molecular weight excluding hydrogens is 532 g/mol. The summed E-state index contributed by atoms with van der Waals surface area (Å²) < 4.78 is 4.96. The summed E-state index contributed by atoms with van der Waals surface area (Å²) in [5, 5.41) is 14.6. The van der Waals surface area contributed by atoms with Crippen LogP contribution < -0.4 is 21.3 Å². The first-order valence-corrected chi connectivity index (χ1v) is 14.5. The lowest BCUT2D eigenvalue weighted by molar-refractivity contribution is -0.143. The Morgan fingerprint density at radius 1 is 1.07 bits per heavy atom. The summed E-state index contributed by atoms with van der Waals surface area (Å²) in [5.74, 6) is -3.70. The number of nitrogens with one attached hydrogen (secondary N) is 4. The van der Waals surface area contributed by atoms with Gasteiger partial charge in [-0.3, -0.25) is 28.8 Å². The van der Waals surface area contributed by atoms with Crippen molar-refractivity contribution in [1.82, 2.24) is 31.3 Å². The van der Waals surface area contributed by atoms with Gasteiger partial charge in [0, 0.05) is 31.1 Å². The number of carbonyl (C=O) groups excluding carboxylic acids is 6. The maximum absolute atomic E-state index is 13.6. The highest BCUT2D eigenvalue weighted by Crippen LogP contribution is 2.23. The number of carbonyl (C=O) groups is 6. The van der Waals surface area contributed by atoms with Crippen LogP contribution in [0.4, 0.5) is 0 Å². The minimum atomic E-state index is -1.20. The maximum atomic E-state index is 13.6. The van der Waals surface area contributed by atoms with Crippen molar-refractivity contribution in [3.63, 3.8) is 0 Å². The van der Waals surface area contributed by atoms with Gasteiger partial charge in [0.15, 0.2) is 5.69 Å². The van der Waals surface area contributed by atoms with Crippen molar-refractivity contribution in [1.29, 1.82) is 0 Å². The molecule has 1 saturated carbocycles. The normalized spacial score (nSPS) is 22.3. The number of nitrogens with zero attached hydrogens (tertiary/aromatic N) is 2. The third-order valence-electron chi connectivity index (χ3n) is 8.15. The molecule has 3 heterocycles. The van der Waals surface area contributed by atoms with E-state index in [1.165, 1.54) is 11.0 Å². The van der Waals surface area contributed by atoms with Crippen molar-refractivity contribution in [2.24, 2.45) is 11.8 Å². The minimum Gasteiger partial charge on any atom is -0.361 e. The number of aryl methyl sites for hydroxylation is 1. The van der Waals surface area contributed by atoms with Crippen LogP contribution in [0, 0.1) is 18.8 Å². The second-order valence-corrected chi connectivity index (χ2v) is 11.6. The molecule has 4 rings (SSSR count). The van der Waals surface area contributed by atoms with Gasteiger partial charge in [-0.1, -0.05) is 31.8 Å². The first-order valence-electron chi connectivity index (χ1n) is 14.5. The first-order chi connectivity index (χ1) is 19.5. The fourth-order valence-corrected chi connectivity index (χ4v) is 5.82. The van der Waals surface area contributed by atoms with Crippen LogP contribution in [0.1, 0.15) is 81.5 Å². The van der Waals surface area contributed by atoms with Gasteiger partial charge in [-0.2, -0.15) is 0 Å². The molecule has 2 unspecified atom stereocenters. The van der Waals surface area contributed by atoms with E-state index in [2.05, 4.69) is 26.4 Å². The first kappa shape index (κ1) is 30.2. The van der Waals surface area contributed by atoms with Crippen LogP contribution in [0.15, 0.2) is 10.6 Å². The molecule has 1 aromatic rings. The fourth-order valence-electron chi connectivity index (χ4n) is 5.82. The van der Waals surface area contributed by atoms with E-state index < -0.39 is 53.5 Å². The molecule has 0 bridgehead atoms. The van der Waals surface area contributed by atoms with Crippen molar-refractivity contribution < 1.29 is 33.3 Å². The van der Waals surface area contributed by atoms with Crippen LogP contribution in [0.3, 0.4) is 0 Å². The maximum Gasteiger partial charge on any atom is 0.289 e. The number of amides is 5. The van der Waals surface area contributed by atoms with Crippen LogP contribution in [0.25, 0.3) is 0 Å². The summed E-state index contributed by atoms with van der Waals surface area (Å²) in [7, 11) is 0. The predicted octanol–water partition coefficient (Wildman–Crippen LogP) is 0.367. The second-order valence-electron chi connectivity index (χ2n) is 11.6. The van der Waals surface area contributed by atoms with E-state index in [1.807, 2.05) is 0 Å². The standard InChI is InChI=1S/C28H40N6O7/c1-15(2)22(32-25(37)20-13-16(3)41-33-20)28(40)34-12-6-9-21(34)26(38)31-19(14-17-10-11-29-24(17)36)23(35)27(39)30-18-7-4-5-8-18/h13,15,17-19,21-22H,4-12,14H2,1-3H3,(H,29,36)(H,30,39)(H,31,38)(H,32,37)/t17-,19-,21?,22?/m0/s1. The van der Waals surface area contributed by atoms with E-state index in [1.54, 1.807) is 20.8 Å². The van der Waals surface area contributed by atoms with E-state index in [4.69, 9.17) is 4.52 Å². The molecular formula is C28H40N6O7. The molecule has 0 aromatic carbocycles. The van der Waals surface area contributed by atoms with Crippen LogP contribution in [0.5, 0.6) is 0 Å². The summed E-state index contributed by atoms with van der Waals surface area (Å²) in [6.45, 7) is 5.98. The van der Waals surface area contributed by atoms with Gasteiger partial charge < -0.3 is 30.7 Å². The molecule has 0 radical (unpaired) electrons. The Hall–Kier alpha value is -3.77. The largest absolute Gasteiger partial charge is 0.361 e. The quantitative estimate of drug-likeness (QED) is 0.275. The van der Waals surface area contributed by atoms with Gasteiger partial charge in [0.05, 0.1) is 6.04 Å². The molecule has 2 aliphatic heterocycles. The Morgan fingerprint density at radius 3 is 2.41 bits per heavy atom. The van der Waals surface area contributed by atoms with E-state index in [9.17, 15) is 28.8 Å². The van der Waals surface area contributed by atoms with Gasteiger partial charge in [-0.15, -0.1) is 0 Å². The van der Waals surface area contributed by atoms with Gasteiger partial charge in [0.2, 0.25) is 23.5 Å². The summed E-state index contributed by atoms with van der Waals surface area (Å²) in [6.07, 6.45) is 4.95. The molecule has 3 aliphatic rings. The zero-order valence-corrected chi connectivity index (χ0v) is 23.9. The van der Waals surface area contributed by atoms with Crippen LogP contribution in [0.2, 0.25) is 0 Å². The molecule has 41 heavy (non-hydrogen) atoms. The number of hydrogen-bond acceptors (Lipinski definition) is 8. The molecule has 3 fully saturated rings. The lowest BCUT2D eigenvalue weighted by Crippen LogP contribution is -2.57. The Morgan fingerprint density at radius 2 is 1.80 bits per heavy atom. The van der Waals surface area contributed by atoms with E-state index in [-0.39, 0.29) is 30.0 Å². The van der Waals surface area contributed by atoms with E-state index in [0.29, 0.717) is 38.1 Å². The molecule has 1 aliphatic carbocycles. The molecule has 4 atom stereocenters. The van der Waals surface area contributed by atoms with Gasteiger partial charge in [-0.25, -0.2) is 0 Å². The summed E-state index contributed by atoms with van der Waals surface area (Å²) in [5.41, 5.74) is 0.0462. The number of hydrogen-bond donors (Lipinski definition) is 4. The smallest absolute Gasteiger partial charge is 0.289 e. The second kappa shape index (κ2) is 13.3. The summed E-state index contributed by atoms with van der Waals surface area (Å²) >= 11 is 0. The van der Waals surface area contributed by atoms with E-state index >= 15 is 0 Å². The van der Waals surface area contributed by atoms with Crippen LogP contribution in [-0.2, 0) is 24.0 Å². The average molecular weight is 573 g/mol. The highest BCUT2D eigenvalue weighted by molar-refractivity contribution is 6.38. The molecule has 4 N–H and O–H groups in total. The Balaban J connectivity index is 1.46. The number of Topliss-reactive ketones (excluding diaryl/α,β-unsaturated/α-hetero) is 1. The van der Waals surface area contributed by atoms with Gasteiger partial charge in [0.1, 0.15) is 17.8 Å². The number of rotatable bonds is 11. The predicted molar refractivity (Wildman–Crippen MR) is 145 cm³/mol. The number of likely N-dealkylation sites (tertiary alicyclic amines) is 1. The highest BCUT2D eigenvalue weighted by atomic mass is 16.5. The summed E-state index contributed by atoms with van der Waals surface area (Å²) in [4.78, 5) is 79.6. The van der Waals surface area contributed by atoms with Gasteiger partial charge >= 0.3 is 0 Å². The molecule has 2 saturated heterocycles. The third-order valence-corrected chi connectivity index (χ3v) is 8.15. The van der Waals surface area contributed by atoms with E-state index in [0.717, 1.165) is 25.7 Å². The van der Waals surface area contributed by atoms with Gasteiger partial charge in [0.25, 0.3) is 11.8 Å². The third kappa shape index (κ3) is 7.31. The topological polar surface area (TPSA) is 180 Å². The zero-order chi connectivity index (χ0) is 29.7. The number of ketones is 1. The Kier molecular flexibility index (Phi) is 9.77. The van der Waals surface area contributed by atoms with Crippen LogP contribution >= 0.6 is 0 Å². The monoisotopic (exact) mass is 572 g/mol. The van der Waals surface area contributed by atoms with Crippen molar-refractivity contribution in [2.75, 3.05) is 13.1 Å². The lowest BCUT2D eigenvalue weighted by Gasteiger charge is -2.31. The van der Waals surface area contributed by atoms with Crippen molar-refractivity contribution in [2.45, 2.75) is 96.3 Å². The highest BCUT2D eigenvalue weighted by Gasteiger charge is 2.41. The zero-order valence-electron chi connectivity index (χ0n) is 23.9. The molecule has 5 amide bonds. The van der Waals surface area contributed by atoms with Crippen LogP contribution in [-0.4, -0.2) is 82.6 Å². The average Bonchev–Trinajstić information content (AvgIpc) is 3.75. The molecule has 13 nitrogen and oxygen atoms in total. The Bertz CT molecular complexity index is 1170. The Labute approximate surface area is 238 Å². The molecule has 0 spiro atoms. The molecule has 224 valence electrons. The lowest BCUT2D eigenvalue weighted by atomic mass is 9.94. The fraction of sp³-hybridized carbons (Fsp3) is 0.679. The van der Waals surface area contributed by atoms with Gasteiger partial charge in [-0.05, 0) is 51.4 Å². The SMILES string of the molecule is Cc1cc(C(=O)NC(C(=O)N2CCCC2C(=O)N[C@@H](C[C@@H]2CCNC2=O)C(=O)C(=O)NC2CCCC2)C(C)C)no1.